The van der Waals surface area contributed by atoms with Crippen molar-refractivity contribution in [2.45, 2.75) is 13.8 Å². The molecule has 0 aromatic rings. The van der Waals surface area contributed by atoms with E-state index in [2.05, 4.69) is 0 Å². The molecule has 1 radical (unpaired) electrons. The van der Waals surface area contributed by atoms with Crippen molar-refractivity contribution >= 4 is 11.9 Å². The van der Waals surface area contributed by atoms with Gasteiger partial charge in [0.25, 0.3) is 0 Å². The Kier molecular flexibility index (Phi) is 18.3. The number of carboxylic acid groups (broad SMARTS) is 2. The number of carbonyl (C=O) groups is 2. The van der Waals surface area contributed by atoms with Gasteiger partial charge in [-0.2, -0.15) is 0 Å². The molecule has 0 saturated carbocycles. The summed E-state index contributed by atoms with van der Waals surface area (Å²) in [5.74, 6) is -2.17. The van der Waals surface area contributed by atoms with E-state index in [1.807, 2.05) is 0 Å². The molecule has 0 aliphatic rings. The first-order chi connectivity index (χ1) is 3.46. The van der Waals surface area contributed by atoms with Crippen LogP contribution in [-0.4, -0.2) is 11.9 Å². The molecule has 53 valence electrons. The number of aliphatic carboxylic acids is 2. The van der Waals surface area contributed by atoms with E-state index in [9.17, 15) is 0 Å². The molecule has 0 saturated heterocycles. The molecule has 0 rings (SSSR count). The molecule has 0 aromatic carbocycles. The molecular formula is C4H6FeO4+. The Hall–Kier alpha value is -0.541. The van der Waals surface area contributed by atoms with Gasteiger partial charge in [0.15, 0.2) is 0 Å². The SMILES string of the molecule is CC(=O)[O-].CC(=O)[O-].[Fe+3]. The van der Waals surface area contributed by atoms with Gasteiger partial charge >= 0.3 is 17.1 Å². The van der Waals surface area contributed by atoms with Gasteiger partial charge in [-0.1, -0.05) is 0 Å². The van der Waals surface area contributed by atoms with E-state index in [0.717, 1.165) is 13.8 Å². The molecular weight excluding hydrogens is 168 g/mol. The molecule has 0 amide bonds. The van der Waals surface area contributed by atoms with Crippen LogP contribution in [0, 0.1) is 0 Å². The molecule has 0 bridgehead atoms. The van der Waals surface area contributed by atoms with E-state index in [1.165, 1.54) is 0 Å². The van der Waals surface area contributed by atoms with Crippen molar-refractivity contribution in [3.05, 3.63) is 0 Å². The molecule has 0 unspecified atom stereocenters. The fraction of sp³-hybridized carbons (Fsp3) is 0.500. The Labute approximate surface area is 63.3 Å². The zero-order chi connectivity index (χ0) is 7.15. The van der Waals surface area contributed by atoms with Crippen LogP contribution in [0.15, 0.2) is 0 Å². The van der Waals surface area contributed by atoms with Gasteiger partial charge in [0, 0.05) is 11.9 Å². The second-order valence-corrected chi connectivity index (χ2v) is 0.983. The van der Waals surface area contributed by atoms with Crippen LogP contribution in [0.3, 0.4) is 0 Å². The van der Waals surface area contributed by atoms with E-state index in [1.54, 1.807) is 0 Å². The number of hydrogen-bond acceptors (Lipinski definition) is 4. The number of carbonyl (C=O) groups excluding carboxylic acids is 2. The van der Waals surface area contributed by atoms with Crippen LogP contribution in [0.1, 0.15) is 13.8 Å². The summed E-state index contributed by atoms with van der Waals surface area (Å²) in [5, 5.41) is 17.8. The van der Waals surface area contributed by atoms with Crippen molar-refractivity contribution in [3.8, 4) is 0 Å². The number of rotatable bonds is 0. The fourth-order valence-electron chi connectivity index (χ4n) is 0. The molecule has 4 nitrogen and oxygen atoms in total. The van der Waals surface area contributed by atoms with Crippen LogP contribution in [0.4, 0.5) is 0 Å². The van der Waals surface area contributed by atoms with Gasteiger partial charge in [-0.15, -0.1) is 0 Å². The second kappa shape index (κ2) is 10.4. The minimum absolute atomic E-state index is 0. The predicted molar refractivity (Wildman–Crippen MR) is 21.4 cm³/mol. The van der Waals surface area contributed by atoms with Gasteiger partial charge in [-0.25, -0.2) is 0 Å². The zero-order valence-corrected chi connectivity index (χ0v) is 6.09. The van der Waals surface area contributed by atoms with Gasteiger partial charge in [0.2, 0.25) is 0 Å². The van der Waals surface area contributed by atoms with Gasteiger partial charge in [0.05, 0.1) is 0 Å². The van der Waals surface area contributed by atoms with E-state index in [0.29, 0.717) is 0 Å². The van der Waals surface area contributed by atoms with Crippen LogP contribution in [0.25, 0.3) is 0 Å². The number of hydrogen-bond donors (Lipinski definition) is 0. The molecule has 0 aliphatic heterocycles. The molecule has 0 atom stereocenters. The second-order valence-electron chi connectivity index (χ2n) is 0.983. The van der Waals surface area contributed by atoms with E-state index in [-0.39, 0.29) is 17.1 Å². The van der Waals surface area contributed by atoms with Crippen LogP contribution >= 0.6 is 0 Å². The Balaban J connectivity index is -0.0000000720. The maximum Gasteiger partial charge on any atom is 3.00 e. The molecule has 5 heteroatoms. The largest absolute Gasteiger partial charge is 3.00 e. The molecule has 0 aromatic heterocycles. The number of carboxylic acids is 2. The molecule has 0 heterocycles. The Morgan fingerprint density at radius 1 is 1.00 bits per heavy atom. The first-order valence-electron chi connectivity index (χ1n) is 1.82. The van der Waals surface area contributed by atoms with Crippen LogP contribution in [-0.2, 0) is 26.7 Å². The van der Waals surface area contributed by atoms with Crippen LogP contribution < -0.4 is 10.2 Å². The third-order valence-corrected chi connectivity index (χ3v) is 0. The average molecular weight is 174 g/mol. The van der Waals surface area contributed by atoms with Crippen molar-refractivity contribution < 1.29 is 36.9 Å². The van der Waals surface area contributed by atoms with Gasteiger partial charge in [-0.3, -0.25) is 0 Å². The van der Waals surface area contributed by atoms with Crippen LogP contribution in [0.2, 0.25) is 0 Å². The zero-order valence-electron chi connectivity index (χ0n) is 4.99. The van der Waals surface area contributed by atoms with Gasteiger partial charge in [-0.05, 0) is 13.8 Å². The van der Waals surface area contributed by atoms with Gasteiger partial charge < -0.3 is 19.8 Å². The van der Waals surface area contributed by atoms with E-state index >= 15 is 0 Å². The molecule has 0 spiro atoms. The maximum atomic E-state index is 8.89. The fourth-order valence-corrected chi connectivity index (χ4v) is 0. The summed E-state index contributed by atoms with van der Waals surface area (Å²) in [6, 6.07) is 0. The average Bonchev–Trinajstić information content (AvgIpc) is 1.25. The quantitative estimate of drug-likeness (QED) is 0.380. The van der Waals surface area contributed by atoms with Gasteiger partial charge in [0.1, 0.15) is 0 Å². The minimum Gasteiger partial charge on any atom is -0.550 e. The van der Waals surface area contributed by atoms with E-state index in [4.69, 9.17) is 19.8 Å². The van der Waals surface area contributed by atoms with Crippen molar-refractivity contribution in [3.63, 3.8) is 0 Å². The summed E-state index contributed by atoms with van der Waals surface area (Å²) < 4.78 is 0. The van der Waals surface area contributed by atoms with E-state index < -0.39 is 11.9 Å². The standard InChI is InChI=1S/2C2H4O2.Fe/c2*1-2(3)4;/h2*1H3,(H,3,4);/q;;+3/p-2. The Bertz CT molecular complexity index is 70.6. The van der Waals surface area contributed by atoms with Crippen molar-refractivity contribution in [2.24, 2.45) is 0 Å². The summed E-state index contributed by atoms with van der Waals surface area (Å²) in [6.45, 7) is 1.94. The summed E-state index contributed by atoms with van der Waals surface area (Å²) in [5.41, 5.74) is 0. The Morgan fingerprint density at radius 2 is 1.00 bits per heavy atom. The third kappa shape index (κ3) is 761. The summed E-state index contributed by atoms with van der Waals surface area (Å²) >= 11 is 0. The topological polar surface area (TPSA) is 80.3 Å². The predicted octanol–water partition coefficient (Wildman–Crippen LogP) is -2.49. The third-order valence-electron chi connectivity index (χ3n) is 0. The maximum absolute atomic E-state index is 8.89. The van der Waals surface area contributed by atoms with Crippen molar-refractivity contribution in [2.75, 3.05) is 0 Å². The van der Waals surface area contributed by atoms with Crippen molar-refractivity contribution in [1.82, 2.24) is 0 Å². The summed E-state index contributed by atoms with van der Waals surface area (Å²) in [7, 11) is 0. The smallest absolute Gasteiger partial charge is 0.550 e. The molecule has 9 heavy (non-hydrogen) atoms. The monoisotopic (exact) mass is 174 g/mol. The Morgan fingerprint density at radius 3 is 1.00 bits per heavy atom. The minimum atomic E-state index is -1.08. The first kappa shape index (κ1) is 15.8. The summed E-state index contributed by atoms with van der Waals surface area (Å²) in [6.07, 6.45) is 0. The molecule has 0 N–H and O–H groups in total. The normalized spacial score (nSPS) is 5.56. The molecule has 0 fully saturated rings. The van der Waals surface area contributed by atoms with Crippen molar-refractivity contribution in [1.29, 1.82) is 0 Å². The van der Waals surface area contributed by atoms with Crippen LogP contribution in [0.5, 0.6) is 0 Å². The first-order valence-corrected chi connectivity index (χ1v) is 1.82. The summed E-state index contributed by atoms with van der Waals surface area (Å²) in [4.78, 5) is 17.8. The molecule has 0 aliphatic carbocycles.